The van der Waals surface area contributed by atoms with Crippen molar-refractivity contribution in [2.24, 2.45) is 11.8 Å². The van der Waals surface area contributed by atoms with Gasteiger partial charge in [0.15, 0.2) is 0 Å². The predicted octanol–water partition coefficient (Wildman–Crippen LogP) is -0.0931. The van der Waals surface area contributed by atoms with Crippen molar-refractivity contribution in [3.63, 3.8) is 0 Å². The third kappa shape index (κ3) is 1.73. The van der Waals surface area contributed by atoms with E-state index in [1.165, 1.54) is 19.6 Å². The van der Waals surface area contributed by atoms with Crippen LogP contribution in [0.1, 0.15) is 13.8 Å². The van der Waals surface area contributed by atoms with Crippen molar-refractivity contribution in [3.8, 4) is 0 Å². The van der Waals surface area contributed by atoms with E-state index < -0.39 is 0 Å². The quantitative estimate of drug-likeness (QED) is 0.629. The lowest BCUT2D eigenvalue weighted by molar-refractivity contribution is 0.116. The first-order chi connectivity index (χ1) is 6.18. The zero-order valence-corrected chi connectivity index (χ0v) is 8.53. The van der Waals surface area contributed by atoms with E-state index in [4.69, 9.17) is 0 Å². The van der Waals surface area contributed by atoms with Crippen molar-refractivity contribution >= 4 is 0 Å². The molecule has 2 heterocycles. The minimum Gasteiger partial charge on any atom is -0.392 e. The smallest absolute Gasteiger partial charge is 0.0639 e. The van der Waals surface area contributed by atoms with Crippen LogP contribution in [-0.2, 0) is 0 Å². The van der Waals surface area contributed by atoms with Crippen LogP contribution in [0.4, 0.5) is 0 Å². The van der Waals surface area contributed by atoms with Crippen LogP contribution in [0.25, 0.3) is 0 Å². The number of aliphatic hydroxyl groups is 1. The summed E-state index contributed by atoms with van der Waals surface area (Å²) in [5, 5.41) is 12.8. The van der Waals surface area contributed by atoms with E-state index in [1.54, 1.807) is 0 Å². The molecule has 0 bridgehead atoms. The van der Waals surface area contributed by atoms with Gasteiger partial charge >= 0.3 is 0 Å². The van der Waals surface area contributed by atoms with Crippen LogP contribution in [0.5, 0.6) is 0 Å². The van der Waals surface area contributed by atoms with E-state index in [0.29, 0.717) is 6.04 Å². The number of aliphatic hydroxyl groups excluding tert-OH is 1. The molecule has 0 amide bonds. The number of fused-ring (bicyclic) bond motifs is 1. The first-order valence-corrected chi connectivity index (χ1v) is 5.31. The van der Waals surface area contributed by atoms with Gasteiger partial charge in [0.25, 0.3) is 0 Å². The Morgan fingerprint density at radius 1 is 1.54 bits per heavy atom. The lowest BCUT2D eigenvalue weighted by Crippen LogP contribution is -2.37. The Hall–Kier alpha value is -0.120. The van der Waals surface area contributed by atoms with Crippen LogP contribution in [-0.4, -0.2) is 48.3 Å². The molecule has 3 unspecified atom stereocenters. The molecule has 4 atom stereocenters. The van der Waals surface area contributed by atoms with Crippen LogP contribution in [0.15, 0.2) is 0 Å². The van der Waals surface area contributed by atoms with Gasteiger partial charge in [-0.1, -0.05) is 0 Å². The number of nitrogens with one attached hydrogen (secondary N) is 1. The number of nitrogens with zero attached hydrogens (tertiary/aromatic N) is 1. The molecule has 13 heavy (non-hydrogen) atoms. The second-order valence-electron chi connectivity index (χ2n) is 4.63. The minimum absolute atomic E-state index is 0.186. The van der Waals surface area contributed by atoms with Gasteiger partial charge in [0.05, 0.1) is 6.10 Å². The molecule has 0 aromatic carbocycles. The topological polar surface area (TPSA) is 35.5 Å². The molecule has 2 aliphatic rings. The second kappa shape index (κ2) is 3.56. The number of β-amino-alcohol motifs (C(OH)–C–C–N with tert-alkyl or cyclic N) is 1. The summed E-state index contributed by atoms with van der Waals surface area (Å²) in [5.41, 5.74) is 0. The third-order valence-corrected chi connectivity index (χ3v) is 3.56. The van der Waals surface area contributed by atoms with E-state index >= 15 is 0 Å². The fourth-order valence-electron chi connectivity index (χ4n) is 2.84. The second-order valence-corrected chi connectivity index (χ2v) is 4.63. The average molecular weight is 184 g/mol. The van der Waals surface area contributed by atoms with Gasteiger partial charge in [-0.3, -0.25) is 4.90 Å². The monoisotopic (exact) mass is 184 g/mol. The summed E-state index contributed by atoms with van der Waals surface area (Å²) in [7, 11) is 0. The molecule has 0 radical (unpaired) electrons. The van der Waals surface area contributed by atoms with E-state index in [1.807, 2.05) is 6.92 Å². The molecule has 2 saturated heterocycles. The molecule has 0 spiro atoms. The molecule has 0 aliphatic carbocycles. The van der Waals surface area contributed by atoms with Crippen LogP contribution in [0, 0.1) is 11.8 Å². The summed E-state index contributed by atoms with van der Waals surface area (Å²) in [6, 6.07) is 0.648. The summed E-state index contributed by atoms with van der Waals surface area (Å²) in [6.07, 6.45) is -0.186. The van der Waals surface area contributed by atoms with Crippen LogP contribution in [0.2, 0.25) is 0 Å². The lowest BCUT2D eigenvalue weighted by atomic mass is 9.95. The molecule has 0 aromatic heterocycles. The Balaban J connectivity index is 1.94. The highest BCUT2D eigenvalue weighted by Gasteiger charge is 2.41. The Morgan fingerprint density at radius 3 is 2.92 bits per heavy atom. The predicted molar refractivity (Wildman–Crippen MR) is 52.6 cm³/mol. The fourth-order valence-corrected chi connectivity index (χ4v) is 2.84. The molecule has 0 saturated carbocycles. The maximum absolute atomic E-state index is 9.34. The van der Waals surface area contributed by atoms with Crippen molar-refractivity contribution in [1.29, 1.82) is 0 Å². The van der Waals surface area contributed by atoms with Gasteiger partial charge < -0.3 is 10.4 Å². The molecular weight excluding hydrogens is 164 g/mol. The Kier molecular flexibility index (Phi) is 2.58. The van der Waals surface area contributed by atoms with Crippen LogP contribution < -0.4 is 5.32 Å². The maximum Gasteiger partial charge on any atom is 0.0639 e. The van der Waals surface area contributed by atoms with Gasteiger partial charge in [0.2, 0.25) is 0 Å². The summed E-state index contributed by atoms with van der Waals surface area (Å²) in [4.78, 5) is 2.43. The summed E-state index contributed by atoms with van der Waals surface area (Å²) >= 11 is 0. The Labute approximate surface area is 80.1 Å². The molecule has 0 aromatic rings. The highest BCUT2D eigenvalue weighted by molar-refractivity contribution is 4.96. The molecule has 2 N–H and O–H groups in total. The highest BCUT2D eigenvalue weighted by Crippen LogP contribution is 2.31. The van der Waals surface area contributed by atoms with E-state index in [0.717, 1.165) is 18.4 Å². The molecule has 2 rings (SSSR count). The zero-order valence-electron chi connectivity index (χ0n) is 8.53. The van der Waals surface area contributed by atoms with Gasteiger partial charge in [0, 0.05) is 19.1 Å². The Morgan fingerprint density at radius 2 is 2.31 bits per heavy atom. The fraction of sp³-hybridized carbons (Fsp3) is 1.00. The molecule has 2 aliphatic heterocycles. The number of rotatable bonds is 2. The summed E-state index contributed by atoms with van der Waals surface area (Å²) in [5.74, 6) is 1.65. The maximum atomic E-state index is 9.34. The SMILES string of the molecule is CC1C2CNCC2CN1C[C@H](C)O. The first-order valence-electron chi connectivity index (χ1n) is 5.31. The minimum atomic E-state index is -0.186. The van der Waals surface area contributed by atoms with E-state index in [2.05, 4.69) is 17.1 Å². The molecular formula is C10H20N2O. The third-order valence-electron chi connectivity index (χ3n) is 3.56. The number of hydrogen-bond acceptors (Lipinski definition) is 3. The van der Waals surface area contributed by atoms with Crippen molar-refractivity contribution < 1.29 is 5.11 Å². The van der Waals surface area contributed by atoms with Gasteiger partial charge in [-0.25, -0.2) is 0 Å². The van der Waals surface area contributed by atoms with Crippen LogP contribution in [0.3, 0.4) is 0 Å². The molecule has 76 valence electrons. The van der Waals surface area contributed by atoms with Crippen molar-refractivity contribution in [2.75, 3.05) is 26.2 Å². The summed E-state index contributed by atoms with van der Waals surface area (Å²) < 4.78 is 0. The molecule has 2 fully saturated rings. The standard InChI is InChI=1S/C10H20N2O/c1-7(13)5-12-6-9-3-11-4-10(9)8(12)2/h7-11,13H,3-6H2,1-2H3/t7-,8?,9?,10?/m0/s1. The average Bonchev–Trinajstić information content (AvgIpc) is 2.56. The Bertz CT molecular complexity index is 184. The lowest BCUT2D eigenvalue weighted by Gasteiger charge is -2.25. The molecule has 3 nitrogen and oxygen atoms in total. The van der Waals surface area contributed by atoms with Crippen molar-refractivity contribution in [3.05, 3.63) is 0 Å². The molecule has 3 heteroatoms. The number of likely N-dealkylation sites (tertiary alicyclic amines) is 1. The zero-order chi connectivity index (χ0) is 9.42. The van der Waals surface area contributed by atoms with Gasteiger partial charge in [-0.05, 0) is 38.8 Å². The summed E-state index contributed by atoms with van der Waals surface area (Å²) in [6.45, 7) is 8.52. The van der Waals surface area contributed by atoms with E-state index in [-0.39, 0.29) is 6.10 Å². The van der Waals surface area contributed by atoms with Crippen molar-refractivity contribution in [2.45, 2.75) is 26.0 Å². The largest absolute Gasteiger partial charge is 0.392 e. The highest BCUT2D eigenvalue weighted by atomic mass is 16.3. The normalized spacial score (nSPS) is 42.2. The van der Waals surface area contributed by atoms with Gasteiger partial charge in [0.1, 0.15) is 0 Å². The first kappa shape index (κ1) is 9.44. The van der Waals surface area contributed by atoms with Crippen molar-refractivity contribution in [1.82, 2.24) is 10.2 Å². The van der Waals surface area contributed by atoms with Gasteiger partial charge in [-0.2, -0.15) is 0 Å². The van der Waals surface area contributed by atoms with E-state index in [9.17, 15) is 5.11 Å². The van der Waals surface area contributed by atoms with Crippen LogP contribution >= 0.6 is 0 Å². The van der Waals surface area contributed by atoms with Gasteiger partial charge in [-0.15, -0.1) is 0 Å². The number of hydrogen-bond donors (Lipinski definition) is 2.